The molecule has 1 fully saturated rings. The van der Waals surface area contributed by atoms with Gasteiger partial charge in [0.05, 0.1) is 16.4 Å². The Labute approximate surface area is 105 Å². The van der Waals surface area contributed by atoms with Gasteiger partial charge in [0, 0.05) is 6.42 Å². The summed E-state index contributed by atoms with van der Waals surface area (Å²) in [6, 6.07) is 7.78. The smallest absolute Gasteiger partial charge is 0.310 e. The standard InChI is InChI=1S/C14H16N2O2/c1-14(13(17)18,9-6-7-9)8-12-15-10-4-2-3-5-11(10)16-12/h2-5,9H,6-8H2,1H3,(H,15,16)(H,17,18). The fourth-order valence-corrected chi connectivity index (χ4v) is 2.55. The molecule has 0 radical (unpaired) electrons. The molecule has 1 aromatic carbocycles. The number of fused-ring (bicyclic) bond motifs is 1. The number of H-pyrrole nitrogens is 1. The second kappa shape index (κ2) is 3.83. The molecule has 1 aliphatic carbocycles. The summed E-state index contributed by atoms with van der Waals surface area (Å²) < 4.78 is 0. The van der Waals surface area contributed by atoms with Crippen molar-refractivity contribution in [3.05, 3.63) is 30.1 Å². The number of carbonyl (C=O) groups is 1. The summed E-state index contributed by atoms with van der Waals surface area (Å²) in [6.45, 7) is 1.83. The Morgan fingerprint density at radius 1 is 1.50 bits per heavy atom. The van der Waals surface area contributed by atoms with E-state index in [-0.39, 0.29) is 0 Å². The van der Waals surface area contributed by atoms with Crippen molar-refractivity contribution in [3.8, 4) is 0 Å². The minimum Gasteiger partial charge on any atom is -0.481 e. The van der Waals surface area contributed by atoms with Gasteiger partial charge in [0.15, 0.2) is 0 Å². The average molecular weight is 244 g/mol. The molecule has 4 heteroatoms. The third kappa shape index (κ3) is 1.78. The van der Waals surface area contributed by atoms with E-state index in [2.05, 4.69) is 9.97 Å². The summed E-state index contributed by atoms with van der Waals surface area (Å²) in [4.78, 5) is 19.2. The van der Waals surface area contributed by atoms with E-state index in [1.807, 2.05) is 31.2 Å². The highest BCUT2D eigenvalue weighted by Crippen LogP contribution is 2.47. The highest BCUT2D eigenvalue weighted by molar-refractivity contribution is 5.77. The monoisotopic (exact) mass is 244 g/mol. The van der Waals surface area contributed by atoms with Gasteiger partial charge in [-0.25, -0.2) is 4.98 Å². The van der Waals surface area contributed by atoms with E-state index >= 15 is 0 Å². The molecule has 1 atom stereocenters. The maximum absolute atomic E-state index is 11.5. The first-order chi connectivity index (χ1) is 8.59. The predicted molar refractivity (Wildman–Crippen MR) is 68.3 cm³/mol. The molecule has 0 amide bonds. The lowest BCUT2D eigenvalue weighted by Gasteiger charge is -2.23. The zero-order valence-electron chi connectivity index (χ0n) is 10.3. The van der Waals surface area contributed by atoms with Crippen LogP contribution >= 0.6 is 0 Å². The van der Waals surface area contributed by atoms with Gasteiger partial charge in [-0.15, -0.1) is 0 Å². The molecule has 1 unspecified atom stereocenters. The molecule has 1 aromatic heterocycles. The van der Waals surface area contributed by atoms with Gasteiger partial charge in [-0.2, -0.15) is 0 Å². The Kier molecular flexibility index (Phi) is 2.40. The van der Waals surface area contributed by atoms with E-state index in [1.165, 1.54) is 0 Å². The minimum absolute atomic E-state index is 0.295. The SMILES string of the molecule is CC(Cc1nc2ccccc2[nH]1)(C(=O)O)C1CC1. The number of para-hydroxylation sites is 2. The third-order valence-corrected chi connectivity index (χ3v) is 3.94. The van der Waals surface area contributed by atoms with Crippen LogP contribution in [-0.2, 0) is 11.2 Å². The summed E-state index contributed by atoms with van der Waals surface area (Å²) in [6.07, 6.45) is 2.51. The van der Waals surface area contributed by atoms with Crippen molar-refractivity contribution in [3.63, 3.8) is 0 Å². The fourth-order valence-electron chi connectivity index (χ4n) is 2.55. The van der Waals surface area contributed by atoms with Gasteiger partial charge < -0.3 is 10.1 Å². The zero-order valence-corrected chi connectivity index (χ0v) is 10.3. The van der Waals surface area contributed by atoms with Crippen molar-refractivity contribution in [2.75, 3.05) is 0 Å². The van der Waals surface area contributed by atoms with Gasteiger partial charge in [0.2, 0.25) is 0 Å². The van der Waals surface area contributed by atoms with Gasteiger partial charge >= 0.3 is 5.97 Å². The normalized spacial score (nSPS) is 18.7. The van der Waals surface area contributed by atoms with E-state index in [0.29, 0.717) is 12.3 Å². The predicted octanol–water partition coefficient (Wildman–Crippen LogP) is 2.61. The summed E-state index contributed by atoms with van der Waals surface area (Å²) >= 11 is 0. The van der Waals surface area contributed by atoms with Crippen molar-refractivity contribution in [2.24, 2.45) is 11.3 Å². The largest absolute Gasteiger partial charge is 0.481 e. The number of nitrogens with zero attached hydrogens (tertiary/aromatic N) is 1. The van der Waals surface area contributed by atoms with E-state index in [1.54, 1.807) is 0 Å². The number of hydrogen-bond donors (Lipinski definition) is 2. The van der Waals surface area contributed by atoms with Crippen LogP contribution in [0.2, 0.25) is 0 Å². The lowest BCUT2D eigenvalue weighted by atomic mass is 9.81. The Morgan fingerprint density at radius 3 is 2.83 bits per heavy atom. The second-order valence-electron chi connectivity index (χ2n) is 5.37. The van der Waals surface area contributed by atoms with E-state index in [9.17, 15) is 9.90 Å². The highest BCUT2D eigenvalue weighted by Gasteiger charge is 2.47. The number of aliphatic carboxylic acids is 1. The van der Waals surface area contributed by atoms with Crippen molar-refractivity contribution in [2.45, 2.75) is 26.2 Å². The molecule has 0 aliphatic heterocycles. The number of carboxylic acid groups (broad SMARTS) is 1. The molecule has 2 aromatic rings. The van der Waals surface area contributed by atoms with Crippen LogP contribution in [0.5, 0.6) is 0 Å². The number of aromatic amines is 1. The van der Waals surface area contributed by atoms with Crippen LogP contribution < -0.4 is 0 Å². The topological polar surface area (TPSA) is 66.0 Å². The van der Waals surface area contributed by atoms with Gasteiger partial charge in [-0.1, -0.05) is 12.1 Å². The first-order valence-electron chi connectivity index (χ1n) is 6.26. The molecule has 1 heterocycles. The van der Waals surface area contributed by atoms with Crippen molar-refractivity contribution in [1.29, 1.82) is 0 Å². The molecule has 2 N–H and O–H groups in total. The quantitative estimate of drug-likeness (QED) is 0.868. The molecule has 0 bridgehead atoms. The lowest BCUT2D eigenvalue weighted by Crippen LogP contribution is -2.32. The molecular weight excluding hydrogens is 228 g/mol. The van der Waals surface area contributed by atoms with Gasteiger partial charge in [-0.05, 0) is 37.8 Å². The molecule has 0 spiro atoms. The van der Waals surface area contributed by atoms with E-state index in [0.717, 1.165) is 29.7 Å². The number of nitrogens with one attached hydrogen (secondary N) is 1. The number of carboxylic acids is 1. The number of hydrogen-bond acceptors (Lipinski definition) is 2. The fraction of sp³-hybridized carbons (Fsp3) is 0.429. The summed E-state index contributed by atoms with van der Waals surface area (Å²) in [5.74, 6) is 0.349. The van der Waals surface area contributed by atoms with E-state index in [4.69, 9.17) is 0 Å². The van der Waals surface area contributed by atoms with Crippen molar-refractivity contribution < 1.29 is 9.90 Å². The molecule has 0 saturated heterocycles. The highest BCUT2D eigenvalue weighted by atomic mass is 16.4. The van der Waals surface area contributed by atoms with Crippen LogP contribution in [0, 0.1) is 11.3 Å². The molecule has 94 valence electrons. The molecule has 4 nitrogen and oxygen atoms in total. The van der Waals surface area contributed by atoms with Crippen LogP contribution in [0.4, 0.5) is 0 Å². The van der Waals surface area contributed by atoms with Crippen LogP contribution in [0.15, 0.2) is 24.3 Å². The Bertz CT molecular complexity index is 568. The number of benzene rings is 1. The molecular formula is C14H16N2O2. The first-order valence-corrected chi connectivity index (χ1v) is 6.26. The first kappa shape index (κ1) is 11.3. The molecule has 1 aliphatic rings. The van der Waals surface area contributed by atoms with Crippen LogP contribution in [-0.4, -0.2) is 21.0 Å². The van der Waals surface area contributed by atoms with Gasteiger partial charge in [0.1, 0.15) is 5.82 Å². The van der Waals surface area contributed by atoms with Crippen LogP contribution in [0.25, 0.3) is 11.0 Å². The molecule has 3 rings (SSSR count). The van der Waals surface area contributed by atoms with Gasteiger partial charge in [0.25, 0.3) is 0 Å². The Hall–Kier alpha value is -1.84. The van der Waals surface area contributed by atoms with Crippen LogP contribution in [0.1, 0.15) is 25.6 Å². The van der Waals surface area contributed by atoms with Crippen molar-refractivity contribution >= 4 is 17.0 Å². The third-order valence-electron chi connectivity index (χ3n) is 3.94. The molecule has 1 saturated carbocycles. The average Bonchev–Trinajstić information content (AvgIpc) is 3.10. The summed E-state index contributed by atoms with van der Waals surface area (Å²) in [7, 11) is 0. The van der Waals surface area contributed by atoms with Crippen molar-refractivity contribution in [1.82, 2.24) is 9.97 Å². The van der Waals surface area contributed by atoms with Crippen LogP contribution in [0.3, 0.4) is 0 Å². The zero-order chi connectivity index (χ0) is 12.8. The maximum atomic E-state index is 11.5. The number of aromatic nitrogens is 2. The van der Waals surface area contributed by atoms with Gasteiger partial charge in [-0.3, -0.25) is 4.79 Å². The second-order valence-corrected chi connectivity index (χ2v) is 5.37. The number of imidazole rings is 1. The summed E-state index contributed by atoms with van der Waals surface area (Å²) in [5.41, 5.74) is 1.18. The minimum atomic E-state index is -0.717. The molecule has 18 heavy (non-hydrogen) atoms. The Balaban J connectivity index is 1.92. The Morgan fingerprint density at radius 2 is 2.22 bits per heavy atom. The van der Waals surface area contributed by atoms with E-state index < -0.39 is 11.4 Å². The lowest BCUT2D eigenvalue weighted by molar-refractivity contribution is -0.149. The number of rotatable bonds is 4. The maximum Gasteiger partial charge on any atom is 0.310 e. The summed E-state index contributed by atoms with van der Waals surface area (Å²) in [5, 5.41) is 9.44.